The van der Waals surface area contributed by atoms with Crippen molar-refractivity contribution >= 4 is 33.9 Å². The molecule has 0 radical (unpaired) electrons. The summed E-state index contributed by atoms with van der Waals surface area (Å²) < 4.78 is 1.35. The summed E-state index contributed by atoms with van der Waals surface area (Å²) in [5, 5.41) is 11.1. The van der Waals surface area contributed by atoms with Gasteiger partial charge in [-0.05, 0) is 39.6 Å². The fourth-order valence-electron chi connectivity index (χ4n) is 1.61. The fourth-order valence-corrected chi connectivity index (χ4v) is 3.02. The second kappa shape index (κ2) is 4.25. The zero-order valence-electron chi connectivity index (χ0n) is 7.24. The summed E-state index contributed by atoms with van der Waals surface area (Å²) in [6.45, 7) is 3.51. The third kappa shape index (κ3) is 2.43. The molecule has 72 valence electrons. The van der Waals surface area contributed by atoms with E-state index >= 15 is 0 Å². The van der Waals surface area contributed by atoms with Crippen LogP contribution in [0.5, 0.6) is 0 Å². The summed E-state index contributed by atoms with van der Waals surface area (Å²) in [6.07, 6.45) is 0. The minimum atomic E-state index is 0.345. The van der Waals surface area contributed by atoms with Gasteiger partial charge in [-0.3, -0.25) is 4.90 Å². The quantitative estimate of drug-likeness (QED) is 0.861. The van der Waals surface area contributed by atoms with Crippen LogP contribution in [-0.2, 0) is 6.54 Å². The van der Waals surface area contributed by atoms with Crippen molar-refractivity contribution in [2.24, 2.45) is 5.92 Å². The number of rotatable bonds is 3. The highest BCUT2D eigenvalue weighted by Gasteiger charge is 2.25. The molecule has 0 spiro atoms. The lowest BCUT2D eigenvalue weighted by molar-refractivity contribution is 0.0480. The van der Waals surface area contributed by atoms with Gasteiger partial charge in [-0.25, -0.2) is 0 Å². The number of hydrogen-bond acceptors (Lipinski definition) is 3. The molecular weight excluding hydrogens is 297 g/mol. The Morgan fingerprint density at radius 3 is 2.92 bits per heavy atom. The molecule has 1 fully saturated rings. The van der Waals surface area contributed by atoms with Crippen LogP contribution in [0.3, 0.4) is 0 Å². The lowest BCUT2D eigenvalue weighted by Gasteiger charge is -2.38. The SMILES string of the molecule is OCC1CN(Cc2csc(I)c2)C1. The van der Waals surface area contributed by atoms with Gasteiger partial charge in [0.25, 0.3) is 0 Å². The number of halogens is 1. The van der Waals surface area contributed by atoms with Gasteiger partial charge < -0.3 is 5.11 Å². The monoisotopic (exact) mass is 309 g/mol. The summed E-state index contributed by atoms with van der Waals surface area (Å²) in [7, 11) is 0. The van der Waals surface area contributed by atoms with Crippen LogP contribution in [0.4, 0.5) is 0 Å². The van der Waals surface area contributed by atoms with Gasteiger partial charge in [-0.2, -0.15) is 0 Å². The molecule has 0 aromatic carbocycles. The zero-order valence-corrected chi connectivity index (χ0v) is 10.2. The number of hydrogen-bond donors (Lipinski definition) is 1. The maximum atomic E-state index is 8.85. The minimum absolute atomic E-state index is 0.345. The molecule has 0 amide bonds. The van der Waals surface area contributed by atoms with E-state index in [4.69, 9.17) is 5.11 Å². The maximum absolute atomic E-state index is 8.85. The number of thiophene rings is 1. The van der Waals surface area contributed by atoms with Crippen LogP contribution in [0, 0.1) is 8.80 Å². The van der Waals surface area contributed by atoms with E-state index in [1.165, 1.54) is 8.45 Å². The summed E-state index contributed by atoms with van der Waals surface area (Å²) >= 11 is 4.15. The highest BCUT2D eigenvalue weighted by molar-refractivity contribution is 14.1. The Morgan fingerprint density at radius 2 is 2.38 bits per heavy atom. The van der Waals surface area contributed by atoms with Gasteiger partial charge in [0.15, 0.2) is 0 Å². The molecule has 1 aliphatic heterocycles. The average Bonchev–Trinajstić information content (AvgIpc) is 2.43. The Kier molecular flexibility index (Phi) is 3.23. The smallest absolute Gasteiger partial charge is 0.0656 e. The molecule has 1 N–H and O–H groups in total. The van der Waals surface area contributed by atoms with E-state index in [2.05, 4.69) is 38.9 Å². The summed E-state index contributed by atoms with van der Waals surface area (Å²) in [5.41, 5.74) is 1.41. The molecule has 2 heterocycles. The van der Waals surface area contributed by atoms with Crippen molar-refractivity contribution in [1.82, 2.24) is 4.90 Å². The van der Waals surface area contributed by atoms with Gasteiger partial charge in [-0.1, -0.05) is 0 Å². The first-order valence-corrected chi connectivity index (χ1v) is 6.30. The normalized spacial score (nSPS) is 18.9. The second-order valence-corrected chi connectivity index (χ2v) is 6.31. The fraction of sp³-hybridized carbons (Fsp3) is 0.556. The van der Waals surface area contributed by atoms with Crippen molar-refractivity contribution in [2.45, 2.75) is 6.54 Å². The first-order chi connectivity index (χ1) is 6.28. The number of aliphatic hydroxyl groups excluding tert-OH is 1. The molecular formula is C9H12INOS. The Balaban J connectivity index is 1.81. The molecule has 0 atom stereocenters. The standard InChI is InChI=1S/C9H12INOS/c10-9-1-7(6-13-9)2-11-3-8(4-11)5-12/h1,6,8,12H,2-5H2. The van der Waals surface area contributed by atoms with Crippen molar-refractivity contribution in [2.75, 3.05) is 19.7 Å². The molecule has 0 unspecified atom stereocenters. The van der Waals surface area contributed by atoms with Gasteiger partial charge in [0, 0.05) is 32.2 Å². The van der Waals surface area contributed by atoms with Crippen LogP contribution in [0.2, 0.25) is 0 Å². The van der Waals surface area contributed by atoms with Crippen LogP contribution in [0.25, 0.3) is 0 Å². The summed E-state index contributed by atoms with van der Waals surface area (Å²) in [5.74, 6) is 0.526. The van der Waals surface area contributed by atoms with Crippen molar-refractivity contribution in [3.63, 3.8) is 0 Å². The van der Waals surface area contributed by atoms with Crippen molar-refractivity contribution < 1.29 is 5.11 Å². The molecule has 4 heteroatoms. The Hall–Kier alpha value is 0.350. The van der Waals surface area contributed by atoms with E-state index < -0.39 is 0 Å². The van der Waals surface area contributed by atoms with Crippen molar-refractivity contribution in [1.29, 1.82) is 0 Å². The van der Waals surface area contributed by atoms with Crippen LogP contribution in [-0.4, -0.2) is 29.7 Å². The summed E-state index contributed by atoms with van der Waals surface area (Å²) in [6, 6.07) is 2.23. The number of nitrogens with zero attached hydrogens (tertiary/aromatic N) is 1. The van der Waals surface area contributed by atoms with Crippen LogP contribution in [0.1, 0.15) is 5.56 Å². The topological polar surface area (TPSA) is 23.5 Å². The molecule has 1 aromatic rings. The van der Waals surface area contributed by atoms with Gasteiger partial charge in [0.05, 0.1) is 2.88 Å². The maximum Gasteiger partial charge on any atom is 0.0656 e. The number of aliphatic hydroxyl groups is 1. The molecule has 1 aliphatic rings. The van der Waals surface area contributed by atoms with E-state index in [0.29, 0.717) is 12.5 Å². The molecule has 2 nitrogen and oxygen atoms in total. The van der Waals surface area contributed by atoms with Gasteiger partial charge in [0.1, 0.15) is 0 Å². The Morgan fingerprint density at radius 1 is 1.62 bits per heavy atom. The van der Waals surface area contributed by atoms with E-state index in [-0.39, 0.29) is 0 Å². The molecule has 1 aromatic heterocycles. The first-order valence-electron chi connectivity index (χ1n) is 4.34. The van der Waals surface area contributed by atoms with Gasteiger partial charge >= 0.3 is 0 Å². The highest BCUT2D eigenvalue weighted by Crippen LogP contribution is 2.22. The Bertz CT molecular complexity index is 283. The van der Waals surface area contributed by atoms with Crippen molar-refractivity contribution in [3.05, 3.63) is 19.9 Å². The van der Waals surface area contributed by atoms with Crippen LogP contribution < -0.4 is 0 Å². The molecule has 0 aliphatic carbocycles. The Labute approximate surface area is 95.7 Å². The van der Waals surface area contributed by atoms with Crippen LogP contribution >= 0.6 is 33.9 Å². The van der Waals surface area contributed by atoms with E-state index in [1.54, 1.807) is 11.3 Å². The second-order valence-electron chi connectivity index (χ2n) is 3.50. The van der Waals surface area contributed by atoms with Crippen molar-refractivity contribution in [3.8, 4) is 0 Å². The average molecular weight is 309 g/mol. The van der Waals surface area contributed by atoms with Crippen LogP contribution in [0.15, 0.2) is 11.4 Å². The van der Waals surface area contributed by atoms with E-state index in [1.807, 2.05) is 0 Å². The lowest BCUT2D eigenvalue weighted by Crippen LogP contribution is -2.47. The third-order valence-electron chi connectivity index (χ3n) is 2.32. The minimum Gasteiger partial charge on any atom is -0.396 e. The predicted octanol–water partition coefficient (Wildman–Crippen LogP) is 1.78. The third-order valence-corrected chi connectivity index (χ3v) is 4.16. The lowest BCUT2D eigenvalue weighted by atomic mass is 10.0. The molecule has 0 bridgehead atoms. The molecule has 1 saturated heterocycles. The highest BCUT2D eigenvalue weighted by atomic mass is 127. The predicted molar refractivity (Wildman–Crippen MR) is 62.9 cm³/mol. The molecule has 0 saturated carbocycles. The summed E-state index contributed by atoms with van der Waals surface area (Å²) in [4.78, 5) is 2.37. The first kappa shape index (κ1) is 9.89. The molecule has 13 heavy (non-hydrogen) atoms. The van der Waals surface area contributed by atoms with E-state index in [0.717, 1.165) is 19.6 Å². The molecule has 2 rings (SSSR count). The zero-order chi connectivity index (χ0) is 9.26. The van der Waals surface area contributed by atoms with E-state index in [9.17, 15) is 0 Å². The van der Waals surface area contributed by atoms with Gasteiger partial charge in [0.2, 0.25) is 0 Å². The largest absolute Gasteiger partial charge is 0.396 e. The number of likely N-dealkylation sites (tertiary alicyclic amines) is 1. The van der Waals surface area contributed by atoms with Gasteiger partial charge in [-0.15, -0.1) is 11.3 Å².